The molecule has 0 N–H and O–H groups in total. The highest BCUT2D eigenvalue weighted by molar-refractivity contribution is 5.87. The Morgan fingerprint density at radius 1 is 0.767 bits per heavy atom. The number of hydrogen-bond acceptors (Lipinski definition) is 6. The molecule has 4 rings (SSSR count). The molecule has 0 saturated heterocycles. The van der Waals surface area contributed by atoms with Crippen LogP contribution in [0.3, 0.4) is 0 Å². The van der Waals surface area contributed by atoms with Gasteiger partial charge in [0.25, 0.3) is 0 Å². The Morgan fingerprint density at radius 3 is 1.40 bits per heavy atom. The molecule has 0 aromatic heterocycles. The van der Waals surface area contributed by atoms with Crippen LogP contribution in [0.1, 0.15) is 45.4 Å². The summed E-state index contributed by atoms with van der Waals surface area (Å²) in [6.07, 6.45) is -11.9. The standard InChI is InChI=1S/C18H18F6O6/c1-9(2)11(25)28-14-3-10-4-15(6-14,29-12(26)17(19,20)21)8-16(5-10,7-14)30-13(27)18(22,23)24/h10H,1,3-8H2,2H3. The number of carbonyl (C=O) groups is 3. The van der Waals surface area contributed by atoms with E-state index in [1.165, 1.54) is 6.92 Å². The average molecular weight is 444 g/mol. The van der Waals surface area contributed by atoms with E-state index in [-0.39, 0.29) is 37.7 Å². The first kappa shape index (κ1) is 22.4. The second-order valence-electron chi connectivity index (χ2n) is 8.50. The molecule has 0 spiro atoms. The van der Waals surface area contributed by atoms with Gasteiger partial charge in [0.05, 0.1) is 0 Å². The summed E-state index contributed by atoms with van der Waals surface area (Å²) in [5, 5.41) is 0. The molecule has 0 aliphatic heterocycles. The molecule has 168 valence electrons. The van der Waals surface area contributed by atoms with Crippen LogP contribution in [0, 0.1) is 5.92 Å². The summed E-state index contributed by atoms with van der Waals surface area (Å²) in [4.78, 5) is 35.1. The van der Waals surface area contributed by atoms with Crippen molar-refractivity contribution < 1.29 is 54.9 Å². The Kier molecular flexibility index (Phi) is 4.94. The Balaban J connectivity index is 1.98. The normalized spacial score (nSPS) is 35.0. The van der Waals surface area contributed by atoms with Gasteiger partial charge < -0.3 is 14.2 Å². The molecule has 4 saturated carbocycles. The second-order valence-corrected chi connectivity index (χ2v) is 8.50. The van der Waals surface area contributed by atoms with Gasteiger partial charge in [-0.2, -0.15) is 26.3 Å². The molecule has 4 fully saturated rings. The number of ether oxygens (including phenoxy) is 3. The first-order valence-corrected chi connectivity index (χ1v) is 8.98. The van der Waals surface area contributed by atoms with Crippen LogP contribution in [0.5, 0.6) is 0 Å². The van der Waals surface area contributed by atoms with Crippen molar-refractivity contribution in [2.75, 3.05) is 0 Å². The van der Waals surface area contributed by atoms with Crippen LogP contribution in [0.25, 0.3) is 0 Å². The largest absolute Gasteiger partial charge is 0.490 e. The van der Waals surface area contributed by atoms with Gasteiger partial charge in [0.15, 0.2) is 0 Å². The number of alkyl halides is 6. The van der Waals surface area contributed by atoms with Crippen molar-refractivity contribution in [3.8, 4) is 0 Å². The third-order valence-corrected chi connectivity index (χ3v) is 5.65. The minimum Gasteiger partial charge on any atom is -0.455 e. The third kappa shape index (κ3) is 4.13. The first-order valence-electron chi connectivity index (χ1n) is 8.98. The van der Waals surface area contributed by atoms with Crippen LogP contribution in [0.2, 0.25) is 0 Å². The number of carbonyl (C=O) groups excluding carboxylic acids is 3. The van der Waals surface area contributed by atoms with E-state index >= 15 is 0 Å². The molecule has 6 nitrogen and oxygen atoms in total. The Hall–Kier alpha value is -2.27. The lowest BCUT2D eigenvalue weighted by Crippen LogP contribution is -2.69. The maximum atomic E-state index is 12.8. The number of hydrogen-bond donors (Lipinski definition) is 0. The third-order valence-electron chi connectivity index (χ3n) is 5.65. The van der Waals surface area contributed by atoms with Crippen molar-refractivity contribution in [3.05, 3.63) is 12.2 Å². The lowest BCUT2D eigenvalue weighted by molar-refractivity contribution is -0.290. The summed E-state index contributed by atoms with van der Waals surface area (Å²) in [7, 11) is 0. The molecule has 4 aliphatic rings. The lowest BCUT2D eigenvalue weighted by atomic mass is 9.50. The van der Waals surface area contributed by atoms with Gasteiger partial charge in [0, 0.05) is 24.8 Å². The van der Waals surface area contributed by atoms with E-state index in [4.69, 9.17) is 14.2 Å². The van der Waals surface area contributed by atoms with E-state index in [2.05, 4.69) is 6.58 Å². The monoisotopic (exact) mass is 444 g/mol. The van der Waals surface area contributed by atoms with Gasteiger partial charge in [-0.25, -0.2) is 14.4 Å². The number of halogens is 6. The molecular weight excluding hydrogens is 426 g/mol. The average Bonchev–Trinajstić information content (AvgIpc) is 2.49. The Morgan fingerprint density at radius 2 is 1.10 bits per heavy atom. The van der Waals surface area contributed by atoms with Crippen molar-refractivity contribution in [2.45, 2.75) is 74.6 Å². The fourth-order valence-corrected chi connectivity index (χ4v) is 5.31. The smallest absolute Gasteiger partial charge is 0.455 e. The maximum absolute atomic E-state index is 12.8. The zero-order valence-corrected chi connectivity index (χ0v) is 15.7. The molecular formula is C18H18F6O6. The lowest BCUT2D eigenvalue weighted by Gasteiger charge is -2.63. The fraction of sp³-hybridized carbons (Fsp3) is 0.722. The highest BCUT2D eigenvalue weighted by atomic mass is 19.4. The minimum absolute atomic E-state index is 0.0339. The second kappa shape index (κ2) is 6.61. The van der Waals surface area contributed by atoms with Gasteiger partial charge in [0.2, 0.25) is 0 Å². The van der Waals surface area contributed by atoms with E-state index in [0.29, 0.717) is 0 Å². The zero-order chi connectivity index (χ0) is 22.8. The molecule has 0 heterocycles. The van der Waals surface area contributed by atoms with Gasteiger partial charge in [-0.1, -0.05) is 6.58 Å². The molecule has 0 radical (unpaired) electrons. The summed E-state index contributed by atoms with van der Waals surface area (Å²) in [5.74, 6) is -6.50. The van der Waals surface area contributed by atoms with E-state index in [1.807, 2.05) is 0 Å². The molecule has 0 aromatic rings. The van der Waals surface area contributed by atoms with Crippen molar-refractivity contribution >= 4 is 17.9 Å². The molecule has 30 heavy (non-hydrogen) atoms. The van der Waals surface area contributed by atoms with Gasteiger partial charge >= 0.3 is 30.3 Å². The number of esters is 3. The van der Waals surface area contributed by atoms with E-state index < -0.39 is 59.4 Å². The van der Waals surface area contributed by atoms with Gasteiger partial charge in [-0.15, -0.1) is 0 Å². The predicted octanol–water partition coefficient (Wildman–Crippen LogP) is 3.53. The van der Waals surface area contributed by atoms with Gasteiger partial charge in [-0.3, -0.25) is 0 Å². The summed E-state index contributed by atoms with van der Waals surface area (Å²) < 4.78 is 91.7. The Bertz CT molecular complexity index is 756. The zero-order valence-electron chi connectivity index (χ0n) is 15.7. The van der Waals surface area contributed by atoms with Gasteiger partial charge in [0.1, 0.15) is 16.8 Å². The van der Waals surface area contributed by atoms with E-state index in [9.17, 15) is 40.7 Å². The van der Waals surface area contributed by atoms with Crippen LogP contribution >= 0.6 is 0 Å². The highest BCUT2D eigenvalue weighted by Crippen LogP contribution is 2.63. The summed E-state index contributed by atoms with van der Waals surface area (Å²) >= 11 is 0. The van der Waals surface area contributed by atoms with E-state index in [0.717, 1.165) is 0 Å². The van der Waals surface area contributed by atoms with Crippen molar-refractivity contribution in [3.63, 3.8) is 0 Å². The molecule has 4 aliphatic carbocycles. The molecule has 0 amide bonds. The van der Waals surface area contributed by atoms with Crippen LogP contribution in [-0.4, -0.2) is 47.1 Å². The van der Waals surface area contributed by atoms with Crippen molar-refractivity contribution in [1.82, 2.24) is 0 Å². The molecule has 4 bridgehead atoms. The maximum Gasteiger partial charge on any atom is 0.490 e. The predicted molar refractivity (Wildman–Crippen MR) is 84.6 cm³/mol. The van der Waals surface area contributed by atoms with Crippen molar-refractivity contribution in [1.29, 1.82) is 0 Å². The molecule has 2 atom stereocenters. The SMILES string of the molecule is C=C(C)C(=O)OC12CC3CC(OC(=O)C(F)(F)F)(C1)CC(OC(=O)C(F)(F)F)(C3)C2. The molecule has 2 unspecified atom stereocenters. The molecule has 12 heteroatoms. The Labute approximate surface area is 166 Å². The van der Waals surface area contributed by atoms with Gasteiger partial charge in [-0.05, 0) is 32.1 Å². The number of rotatable bonds is 4. The summed E-state index contributed by atoms with van der Waals surface area (Å²) in [5.41, 5.74) is -5.35. The fourth-order valence-electron chi connectivity index (χ4n) is 5.31. The van der Waals surface area contributed by atoms with E-state index in [1.54, 1.807) is 0 Å². The quantitative estimate of drug-likeness (QED) is 0.286. The van der Waals surface area contributed by atoms with Crippen LogP contribution in [0.15, 0.2) is 12.2 Å². The topological polar surface area (TPSA) is 78.9 Å². The van der Waals surface area contributed by atoms with Crippen LogP contribution in [0.4, 0.5) is 26.3 Å². The van der Waals surface area contributed by atoms with Crippen LogP contribution < -0.4 is 0 Å². The highest BCUT2D eigenvalue weighted by Gasteiger charge is 2.70. The molecule has 0 aromatic carbocycles. The van der Waals surface area contributed by atoms with Crippen LogP contribution in [-0.2, 0) is 28.6 Å². The first-order chi connectivity index (χ1) is 13.5. The minimum atomic E-state index is -5.33. The van der Waals surface area contributed by atoms with Crippen molar-refractivity contribution in [2.24, 2.45) is 5.92 Å². The summed E-state index contributed by atoms with van der Waals surface area (Å²) in [6, 6.07) is 0. The summed E-state index contributed by atoms with van der Waals surface area (Å²) in [6.45, 7) is 4.73.